The third-order valence-electron chi connectivity index (χ3n) is 5.17. The van der Waals surface area contributed by atoms with Gasteiger partial charge in [-0.25, -0.2) is 0 Å². The molecule has 1 saturated heterocycles. The van der Waals surface area contributed by atoms with E-state index in [2.05, 4.69) is 10.6 Å². The minimum absolute atomic E-state index is 0. The molecule has 0 bridgehead atoms. The van der Waals surface area contributed by atoms with Crippen molar-refractivity contribution in [3.63, 3.8) is 0 Å². The highest BCUT2D eigenvalue weighted by Gasteiger charge is 2.41. The maximum Gasteiger partial charge on any atom is 0.230 e. The van der Waals surface area contributed by atoms with Gasteiger partial charge in [0, 0.05) is 17.6 Å². The molecule has 128 valence electrons. The Bertz CT molecular complexity index is 506. The first-order chi connectivity index (χ1) is 10.7. The van der Waals surface area contributed by atoms with Gasteiger partial charge in [0.1, 0.15) is 0 Å². The molecule has 1 aromatic carbocycles. The van der Waals surface area contributed by atoms with E-state index in [1.807, 2.05) is 24.3 Å². The molecule has 0 unspecified atom stereocenters. The van der Waals surface area contributed by atoms with Crippen LogP contribution >= 0.6 is 24.0 Å². The van der Waals surface area contributed by atoms with Crippen molar-refractivity contribution in [2.45, 2.75) is 56.4 Å². The van der Waals surface area contributed by atoms with Crippen molar-refractivity contribution < 1.29 is 4.79 Å². The third-order valence-corrected chi connectivity index (χ3v) is 5.42. The van der Waals surface area contributed by atoms with E-state index in [4.69, 9.17) is 11.6 Å². The van der Waals surface area contributed by atoms with Crippen molar-refractivity contribution in [3.8, 4) is 0 Å². The van der Waals surface area contributed by atoms with Gasteiger partial charge in [-0.05, 0) is 49.9 Å². The lowest BCUT2D eigenvalue weighted by molar-refractivity contribution is -0.129. The first-order valence-corrected chi connectivity index (χ1v) is 8.86. The summed E-state index contributed by atoms with van der Waals surface area (Å²) in [5, 5.41) is 7.41. The molecule has 0 aromatic heterocycles. The Morgan fingerprint density at radius 3 is 2.43 bits per heavy atom. The molecule has 0 radical (unpaired) electrons. The van der Waals surface area contributed by atoms with Crippen LogP contribution in [0.2, 0.25) is 5.02 Å². The van der Waals surface area contributed by atoms with Crippen LogP contribution in [0.15, 0.2) is 24.3 Å². The van der Waals surface area contributed by atoms with Crippen LogP contribution in [0.5, 0.6) is 0 Å². The molecule has 1 aromatic rings. The third kappa shape index (κ3) is 4.20. The zero-order valence-electron chi connectivity index (χ0n) is 13.4. The summed E-state index contributed by atoms with van der Waals surface area (Å²) in [5.74, 6) is 0.211. The summed E-state index contributed by atoms with van der Waals surface area (Å²) in [7, 11) is 0. The number of piperidine rings is 1. The summed E-state index contributed by atoms with van der Waals surface area (Å²) in [6, 6.07) is 8.15. The maximum atomic E-state index is 13.1. The van der Waals surface area contributed by atoms with E-state index in [1.165, 1.54) is 6.42 Å². The molecule has 2 aliphatic rings. The Morgan fingerprint density at radius 2 is 1.83 bits per heavy atom. The van der Waals surface area contributed by atoms with Crippen LogP contribution in [0.1, 0.15) is 50.5 Å². The fourth-order valence-electron chi connectivity index (χ4n) is 3.87. The predicted molar refractivity (Wildman–Crippen MR) is 97.5 cm³/mol. The summed E-state index contributed by atoms with van der Waals surface area (Å²) < 4.78 is 0. The fraction of sp³-hybridized carbons (Fsp3) is 0.611. The minimum Gasteiger partial charge on any atom is -0.351 e. The molecule has 3 rings (SSSR count). The highest BCUT2D eigenvalue weighted by Crippen LogP contribution is 2.40. The molecular formula is C18H26Cl2N2O. The number of halogens is 2. The zero-order chi connectivity index (χ0) is 15.4. The van der Waals surface area contributed by atoms with E-state index in [9.17, 15) is 4.79 Å². The SMILES string of the molecule is Cl.O=C(N[C@@H]1CCCNC1)C1(c2ccc(Cl)cc2)CCCCC1. The number of carbonyl (C=O) groups excluding carboxylic acids is 1. The number of hydrogen-bond acceptors (Lipinski definition) is 2. The molecule has 23 heavy (non-hydrogen) atoms. The van der Waals surface area contributed by atoms with E-state index >= 15 is 0 Å². The van der Waals surface area contributed by atoms with Crippen molar-refractivity contribution in [3.05, 3.63) is 34.9 Å². The van der Waals surface area contributed by atoms with Crippen molar-refractivity contribution >= 4 is 29.9 Å². The first kappa shape index (κ1) is 18.6. The smallest absolute Gasteiger partial charge is 0.230 e. The molecule has 5 heteroatoms. The number of nitrogens with one attached hydrogen (secondary N) is 2. The lowest BCUT2D eigenvalue weighted by Crippen LogP contribution is -2.53. The topological polar surface area (TPSA) is 41.1 Å². The Kier molecular flexibility index (Phi) is 6.75. The number of rotatable bonds is 3. The summed E-state index contributed by atoms with van der Waals surface area (Å²) in [6.07, 6.45) is 7.58. The molecule has 1 aliphatic heterocycles. The summed E-state index contributed by atoms with van der Waals surface area (Å²) in [4.78, 5) is 13.1. The van der Waals surface area contributed by atoms with E-state index in [0.717, 1.165) is 62.2 Å². The van der Waals surface area contributed by atoms with Crippen molar-refractivity contribution in [1.29, 1.82) is 0 Å². The van der Waals surface area contributed by atoms with Crippen molar-refractivity contribution in [2.75, 3.05) is 13.1 Å². The van der Waals surface area contributed by atoms with Crippen LogP contribution in [0.3, 0.4) is 0 Å². The maximum absolute atomic E-state index is 13.1. The van der Waals surface area contributed by atoms with Crippen molar-refractivity contribution in [1.82, 2.24) is 10.6 Å². The highest BCUT2D eigenvalue weighted by atomic mass is 35.5. The van der Waals surface area contributed by atoms with E-state index in [1.54, 1.807) is 0 Å². The van der Waals surface area contributed by atoms with Crippen LogP contribution in [0, 0.1) is 0 Å². The Hall–Kier alpha value is -0.770. The average Bonchev–Trinajstić information content (AvgIpc) is 2.57. The van der Waals surface area contributed by atoms with Crippen LogP contribution in [-0.4, -0.2) is 25.0 Å². The molecular weight excluding hydrogens is 331 g/mol. The lowest BCUT2D eigenvalue weighted by atomic mass is 9.68. The Balaban J connectivity index is 0.00000192. The van der Waals surface area contributed by atoms with Gasteiger partial charge in [0.2, 0.25) is 5.91 Å². The molecule has 2 fully saturated rings. The highest BCUT2D eigenvalue weighted by molar-refractivity contribution is 6.30. The van der Waals surface area contributed by atoms with E-state index in [-0.39, 0.29) is 29.8 Å². The molecule has 1 atom stereocenters. The minimum atomic E-state index is -0.361. The lowest BCUT2D eigenvalue weighted by Gasteiger charge is -2.38. The standard InChI is InChI=1S/C18H25ClN2O.ClH/c19-15-8-6-14(7-9-15)18(10-2-1-3-11-18)17(22)21-16-5-4-12-20-13-16;/h6-9,16,20H,1-5,10-13H2,(H,21,22);1H/t16-;/m1./s1. The van der Waals surface area contributed by atoms with Gasteiger partial charge in [0.15, 0.2) is 0 Å². The average molecular weight is 357 g/mol. The van der Waals surface area contributed by atoms with E-state index < -0.39 is 0 Å². The first-order valence-electron chi connectivity index (χ1n) is 8.48. The van der Waals surface area contributed by atoms with Crippen molar-refractivity contribution in [2.24, 2.45) is 0 Å². The molecule has 1 amide bonds. The summed E-state index contributed by atoms with van der Waals surface area (Å²) in [5.41, 5.74) is 0.762. The number of hydrogen-bond donors (Lipinski definition) is 2. The predicted octanol–water partition coefficient (Wildman–Crippen LogP) is 3.83. The van der Waals surface area contributed by atoms with Gasteiger partial charge in [-0.1, -0.05) is 43.0 Å². The van der Waals surface area contributed by atoms with Gasteiger partial charge in [-0.2, -0.15) is 0 Å². The molecule has 1 heterocycles. The number of amides is 1. The number of benzene rings is 1. The fourth-order valence-corrected chi connectivity index (χ4v) is 4.00. The second kappa shape index (κ2) is 8.36. The second-order valence-corrected chi connectivity index (χ2v) is 7.10. The Labute approximate surface area is 150 Å². The molecule has 0 spiro atoms. The van der Waals surface area contributed by atoms with Gasteiger partial charge >= 0.3 is 0 Å². The van der Waals surface area contributed by atoms with Crippen LogP contribution in [0.25, 0.3) is 0 Å². The Morgan fingerprint density at radius 1 is 1.13 bits per heavy atom. The largest absolute Gasteiger partial charge is 0.351 e. The molecule has 2 N–H and O–H groups in total. The van der Waals surface area contributed by atoms with Gasteiger partial charge < -0.3 is 10.6 Å². The molecule has 1 aliphatic carbocycles. The molecule has 1 saturated carbocycles. The van der Waals surface area contributed by atoms with Crippen LogP contribution in [-0.2, 0) is 10.2 Å². The monoisotopic (exact) mass is 356 g/mol. The number of carbonyl (C=O) groups is 1. The van der Waals surface area contributed by atoms with Crippen LogP contribution in [0.4, 0.5) is 0 Å². The van der Waals surface area contributed by atoms with Gasteiger partial charge in [0.25, 0.3) is 0 Å². The van der Waals surface area contributed by atoms with E-state index in [0.29, 0.717) is 0 Å². The van der Waals surface area contributed by atoms with Gasteiger partial charge in [-0.3, -0.25) is 4.79 Å². The molecule has 3 nitrogen and oxygen atoms in total. The van der Waals surface area contributed by atoms with Gasteiger partial charge in [-0.15, -0.1) is 12.4 Å². The quantitative estimate of drug-likeness (QED) is 0.863. The zero-order valence-corrected chi connectivity index (χ0v) is 15.0. The summed E-state index contributed by atoms with van der Waals surface area (Å²) >= 11 is 6.02. The second-order valence-electron chi connectivity index (χ2n) is 6.67. The van der Waals surface area contributed by atoms with Gasteiger partial charge in [0.05, 0.1) is 5.41 Å². The normalized spacial score (nSPS) is 23.6. The van der Waals surface area contributed by atoms with Crippen LogP contribution < -0.4 is 10.6 Å². The summed E-state index contributed by atoms with van der Waals surface area (Å²) in [6.45, 7) is 1.96.